The summed E-state index contributed by atoms with van der Waals surface area (Å²) in [7, 11) is 1.63. The van der Waals surface area contributed by atoms with E-state index < -0.39 is 0 Å². The Morgan fingerprint density at radius 2 is 2.16 bits per heavy atom. The van der Waals surface area contributed by atoms with Crippen LogP contribution in [0.1, 0.15) is 17.8 Å². The lowest BCUT2D eigenvalue weighted by molar-refractivity contribution is -0.119. The number of thioether (sulfide) groups is 1. The largest absolute Gasteiger partial charge is 0.497 e. The number of amides is 1. The third-order valence-electron chi connectivity index (χ3n) is 3.55. The van der Waals surface area contributed by atoms with Gasteiger partial charge in [-0.15, -0.1) is 21.5 Å². The van der Waals surface area contributed by atoms with Gasteiger partial charge in [-0.3, -0.25) is 9.36 Å². The lowest BCUT2D eigenvalue weighted by Gasteiger charge is -2.12. The third-order valence-corrected chi connectivity index (χ3v) is 5.54. The standard InChI is InChI=1S/C17H18N4O2S2/c1-12(15-4-3-9-24-15)19-16(22)10-25-17-20-18-11-21(17)13-5-7-14(23-2)8-6-13/h3-9,11-12H,10H2,1-2H3,(H,19,22). The smallest absolute Gasteiger partial charge is 0.230 e. The average molecular weight is 374 g/mol. The molecule has 0 aliphatic carbocycles. The van der Waals surface area contributed by atoms with Crippen molar-refractivity contribution in [3.8, 4) is 11.4 Å². The van der Waals surface area contributed by atoms with Gasteiger partial charge in [0.1, 0.15) is 12.1 Å². The molecule has 2 aromatic heterocycles. The number of carbonyl (C=O) groups is 1. The highest BCUT2D eigenvalue weighted by atomic mass is 32.2. The second-order valence-electron chi connectivity index (χ2n) is 5.27. The Balaban J connectivity index is 1.60. The number of ether oxygens (including phenoxy) is 1. The van der Waals surface area contributed by atoms with Crippen LogP contribution in [0.4, 0.5) is 0 Å². The lowest BCUT2D eigenvalue weighted by atomic mass is 10.3. The molecule has 3 aromatic rings. The molecule has 6 nitrogen and oxygen atoms in total. The second kappa shape index (κ2) is 8.17. The summed E-state index contributed by atoms with van der Waals surface area (Å²) >= 11 is 2.99. The minimum atomic E-state index is -0.0322. The summed E-state index contributed by atoms with van der Waals surface area (Å²) in [5.74, 6) is 1.04. The fourth-order valence-corrected chi connectivity index (χ4v) is 3.74. The molecule has 1 unspecified atom stereocenters. The number of methoxy groups -OCH3 is 1. The molecule has 1 atom stereocenters. The van der Waals surface area contributed by atoms with Crippen molar-refractivity contribution in [3.63, 3.8) is 0 Å². The van der Waals surface area contributed by atoms with Gasteiger partial charge in [0, 0.05) is 10.6 Å². The molecule has 8 heteroatoms. The van der Waals surface area contributed by atoms with Gasteiger partial charge in [-0.25, -0.2) is 0 Å². The predicted molar refractivity (Wildman–Crippen MR) is 99.5 cm³/mol. The van der Waals surface area contributed by atoms with E-state index >= 15 is 0 Å². The van der Waals surface area contributed by atoms with Crippen molar-refractivity contribution in [2.45, 2.75) is 18.1 Å². The number of aromatic nitrogens is 3. The Bertz CT molecular complexity index is 816. The maximum atomic E-state index is 12.2. The number of thiophene rings is 1. The van der Waals surface area contributed by atoms with Gasteiger partial charge in [0.05, 0.1) is 18.9 Å². The van der Waals surface area contributed by atoms with E-state index in [4.69, 9.17) is 4.74 Å². The highest BCUT2D eigenvalue weighted by Crippen LogP contribution is 2.22. The van der Waals surface area contributed by atoms with Crippen molar-refractivity contribution in [3.05, 3.63) is 53.0 Å². The molecule has 0 radical (unpaired) electrons. The number of nitrogens with one attached hydrogen (secondary N) is 1. The van der Waals surface area contributed by atoms with Crippen LogP contribution in [0.3, 0.4) is 0 Å². The maximum absolute atomic E-state index is 12.2. The van der Waals surface area contributed by atoms with Crippen LogP contribution in [0.15, 0.2) is 53.3 Å². The first-order valence-electron chi connectivity index (χ1n) is 7.67. The molecule has 3 rings (SSSR count). The number of rotatable bonds is 7. The molecule has 2 heterocycles. The van der Waals surface area contributed by atoms with Crippen LogP contribution < -0.4 is 10.1 Å². The van der Waals surface area contributed by atoms with E-state index in [0.29, 0.717) is 5.16 Å². The van der Waals surface area contributed by atoms with Gasteiger partial charge in [0.15, 0.2) is 5.16 Å². The molecule has 0 spiro atoms. The first-order chi connectivity index (χ1) is 12.2. The topological polar surface area (TPSA) is 69.0 Å². The summed E-state index contributed by atoms with van der Waals surface area (Å²) in [6.07, 6.45) is 1.64. The number of benzene rings is 1. The number of carbonyl (C=O) groups excluding carboxylic acids is 1. The normalized spacial score (nSPS) is 11.9. The Morgan fingerprint density at radius 3 is 2.84 bits per heavy atom. The van der Waals surface area contributed by atoms with E-state index in [2.05, 4.69) is 15.5 Å². The summed E-state index contributed by atoms with van der Waals surface area (Å²) in [6, 6.07) is 11.6. The van der Waals surface area contributed by atoms with Crippen molar-refractivity contribution in [2.24, 2.45) is 0 Å². The van der Waals surface area contributed by atoms with Crippen molar-refractivity contribution >= 4 is 29.0 Å². The molecule has 0 bridgehead atoms. The zero-order valence-corrected chi connectivity index (χ0v) is 15.5. The predicted octanol–water partition coefficient (Wildman–Crippen LogP) is 3.31. The van der Waals surface area contributed by atoms with Crippen LogP contribution in [0.2, 0.25) is 0 Å². The Labute approximate surface area is 154 Å². The Morgan fingerprint density at radius 1 is 1.36 bits per heavy atom. The molecular weight excluding hydrogens is 356 g/mol. The second-order valence-corrected chi connectivity index (χ2v) is 7.20. The molecule has 0 aliphatic rings. The first kappa shape index (κ1) is 17.5. The van der Waals surface area contributed by atoms with Crippen LogP contribution in [0.5, 0.6) is 5.75 Å². The highest BCUT2D eigenvalue weighted by molar-refractivity contribution is 7.99. The Hall–Kier alpha value is -2.32. The minimum absolute atomic E-state index is 0.00700. The van der Waals surface area contributed by atoms with Crippen LogP contribution in [-0.4, -0.2) is 33.5 Å². The molecule has 0 saturated heterocycles. The van der Waals surface area contributed by atoms with Crippen LogP contribution >= 0.6 is 23.1 Å². The van der Waals surface area contributed by atoms with Crippen LogP contribution in [0.25, 0.3) is 5.69 Å². The van der Waals surface area contributed by atoms with Gasteiger partial charge in [0.25, 0.3) is 0 Å². The SMILES string of the molecule is COc1ccc(-n2cnnc2SCC(=O)NC(C)c2cccs2)cc1. The van der Waals surface area contributed by atoms with Gasteiger partial charge in [-0.05, 0) is 42.6 Å². The summed E-state index contributed by atoms with van der Waals surface area (Å²) in [5.41, 5.74) is 0.917. The monoisotopic (exact) mass is 374 g/mol. The van der Waals surface area contributed by atoms with E-state index in [0.717, 1.165) is 16.3 Å². The summed E-state index contributed by atoms with van der Waals surface area (Å²) < 4.78 is 7.01. The van der Waals surface area contributed by atoms with E-state index in [1.807, 2.05) is 53.3 Å². The quantitative estimate of drug-likeness (QED) is 0.643. The van der Waals surface area contributed by atoms with Crippen molar-refractivity contribution < 1.29 is 9.53 Å². The zero-order chi connectivity index (χ0) is 17.6. The highest BCUT2D eigenvalue weighted by Gasteiger charge is 2.13. The van der Waals surface area contributed by atoms with Gasteiger partial charge >= 0.3 is 0 Å². The van der Waals surface area contributed by atoms with Crippen LogP contribution in [0, 0.1) is 0 Å². The number of hydrogen-bond acceptors (Lipinski definition) is 6. The number of nitrogens with zero attached hydrogens (tertiary/aromatic N) is 3. The van der Waals surface area contributed by atoms with Gasteiger partial charge in [-0.2, -0.15) is 0 Å². The molecule has 130 valence electrons. The lowest BCUT2D eigenvalue weighted by Crippen LogP contribution is -2.27. The summed E-state index contributed by atoms with van der Waals surface area (Å²) in [6.45, 7) is 1.98. The molecule has 1 amide bonds. The average Bonchev–Trinajstić information content (AvgIpc) is 3.31. The third kappa shape index (κ3) is 4.40. The first-order valence-corrected chi connectivity index (χ1v) is 9.54. The van der Waals surface area contributed by atoms with Crippen molar-refractivity contribution in [1.29, 1.82) is 0 Å². The molecule has 0 aliphatic heterocycles. The fraction of sp³-hybridized carbons (Fsp3) is 0.235. The molecule has 25 heavy (non-hydrogen) atoms. The number of hydrogen-bond donors (Lipinski definition) is 1. The van der Waals surface area contributed by atoms with Crippen molar-refractivity contribution in [2.75, 3.05) is 12.9 Å². The van der Waals surface area contributed by atoms with Gasteiger partial charge in [0.2, 0.25) is 5.91 Å². The maximum Gasteiger partial charge on any atom is 0.230 e. The van der Waals surface area contributed by atoms with E-state index in [1.165, 1.54) is 11.8 Å². The van der Waals surface area contributed by atoms with E-state index in [9.17, 15) is 4.79 Å². The summed E-state index contributed by atoms with van der Waals surface area (Å²) in [4.78, 5) is 13.3. The molecule has 0 fully saturated rings. The summed E-state index contributed by atoms with van der Waals surface area (Å²) in [5, 5.41) is 13.7. The van der Waals surface area contributed by atoms with E-state index in [1.54, 1.807) is 24.8 Å². The van der Waals surface area contributed by atoms with Crippen molar-refractivity contribution in [1.82, 2.24) is 20.1 Å². The molecule has 1 aromatic carbocycles. The van der Waals surface area contributed by atoms with Gasteiger partial charge < -0.3 is 10.1 Å². The Kier molecular flexibility index (Phi) is 5.72. The molecular formula is C17H18N4O2S2. The van der Waals surface area contributed by atoms with Crippen LogP contribution in [-0.2, 0) is 4.79 Å². The van der Waals surface area contributed by atoms with E-state index in [-0.39, 0.29) is 17.7 Å². The zero-order valence-electron chi connectivity index (χ0n) is 13.9. The molecule has 1 N–H and O–H groups in total. The minimum Gasteiger partial charge on any atom is -0.497 e. The molecule has 0 saturated carbocycles. The fourth-order valence-electron chi connectivity index (χ4n) is 2.26. The van der Waals surface area contributed by atoms with Gasteiger partial charge in [-0.1, -0.05) is 17.8 Å².